The Labute approximate surface area is 118 Å². The van der Waals surface area contributed by atoms with Crippen molar-refractivity contribution in [1.82, 2.24) is 0 Å². The highest BCUT2D eigenvalue weighted by Crippen LogP contribution is 2.33. The molecule has 1 aromatic rings. The molecule has 0 aromatic heterocycles. The Morgan fingerprint density at radius 1 is 1.18 bits per heavy atom. The maximum absolute atomic E-state index is 9.47. The predicted octanol–water partition coefficient (Wildman–Crippen LogP) is 3.51. The van der Waals surface area contributed by atoms with Crippen LogP contribution in [-0.4, -0.2) is 17.3 Å². The number of nitrogens with two attached hydrogens (primary N) is 1. The Balaban J connectivity index is 2.08. The standard InChI is InChI=1S/C12H16Br2N2O/c13-7-5-10(14)12(15)11(6-7)16-8-1-3-9(17)4-2-8/h5-6,8-9,16-17H,1-4,15H2/t8-,9-. The molecule has 0 aliphatic heterocycles. The summed E-state index contributed by atoms with van der Waals surface area (Å²) in [5.74, 6) is 0. The lowest BCUT2D eigenvalue weighted by atomic mass is 9.93. The first-order valence-corrected chi connectivity index (χ1v) is 7.34. The lowest BCUT2D eigenvalue weighted by molar-refractivity contribution is 0.126. The second-order valence-electron chi connectivity index (χ2n) is 4.50. The Morgan fingerprint density at radius 2 is 1.82 bits per heavy atom. The van der Waals surface area contributed by atoms with Gasteiger partial charge < -0.3 is 16.2 Å². The number of anilines is 2. The van der Waals surface area contributed by atoms with E-state index in [2.05, 4.69) is 37.2 Å². The first kappa shape index (κ1) is 13.2. The number of aliphatic hydroxyl groups is 1. The number of nitrogens with one attached hydrogen (secondary N) is 1. The van der Waals surface area contributed by atoms with Crippen molar-refractivity contribution in [3.63, 3.8) is 0 Å². The number of hydrogen-bond donors (Lipinski definition) is 3. The molecule has 0 spiro atoms. The van der Waals surface area contributed by atoms with Gasteiger partial charge in [0.2, 0.25) is 0 Å². The van der Waals surface area contributed by atoms with Crippen molar-refractivity contribution < 1.29 is 5.11 Å². The van der Waals surface area contributed by atoms with Crippen LogP contribution in [0, 0.1) is 0 Å². The highest BCUT2D eigenvalue weighted by molar-refractivity contribution is 9.11. The van der Waals surface area contributed by atoms with Crippen LogP contribution in [0.4, 0.5) is 11.4 Å². The Hall–Kier alpha value is -0.260. The number of halogens is 2. The minimum atomic E-state index is -0.125. The molecule has 0 heterocycles. The van der Waals surface area contributed by atoms with Gasteiger partial charge in [0.25, 0.3) is 0 Å². The summed E-state index contributed by atoms with van der Waals surface area (Å²) >= 11 is 6.89. The minimum absolute atomic E-state index is 0.125. The Kier molecular flexibility index (Phi) is 4.33. The molecule has 2 rings (SSSR count). The van der Waals surface area contributed by atoms with Gasteiger partial charge in [0.15, 0.2) is 0 Å². The molecule has 5 heteroatoms. The summed E-state index contributed by atoms with van der Waals surface area (Å²) in [6.45, 7) is 0. The molecule has 0 atom stereocenters. The molecule has 1 aliphatic rings. The van der Waals surface area contributed by atoms with Crippen LogP contribution in [0.3, 0.4) is 0 Å². The van der Waals surface area contributed by atoms with Crippen molar-refractivity contribution in [1.29, 1.82) is 0 Å². The Morgan fingerprint density at radius 3 is 2.47 bits per heavy atom. The van der Waals surface area contributed by atoms with Gasteiger partial charge in [-0.2, -0.15) is 0 Å². The molecule has 3 nitrogen and oxygen atoms in total. The average Bonchev–Trinajstić information content (AvgIpc) is 2.28. The molecule has 0 radical (unpaired) electrons. The molecule has 0 saturated heterocycles. The van der Waals surface area contributed by atoms with Crippen LogP contribution >= 0.6 is 31.9 Å². The molecule has 1 aliphatic carbocycles. The maximum Gasteiger partial charge on any atom is 0.0695 e. The summed E-state index contributed by atoms with van der Waals surface area (Å²) in [6.07, 6.45) is 3.59. The summed E-state index contributed by atoms with van der Waals surface area (Å²) in [4.78, 5) is 0. The van der Waals surface area contributed by atoms with Crippen LogP contribution < -0.4 is 11.1 Å². The molecular weight excluding hydrogens is 348 g/mol. The van der Waals surface area contributed by atoms with Crippen molar-refractivity contribution in [2.24, 2.45) is 0 Å². The van der Waals surface area contributed by atoms with Crippen LogP contribution in [0.1, 0.15) is 25.7 Å². The van der Waals surface area contributed by atoms with Gasteiger partial charge in [0.05, 0.1) is 17.5 Å². The summed E-state index contributed by atoms with van der Waals surface area (Å²) < 4.78 is 1.89. The SMILES string of the molecule is Nc1c(Br)cc(Br)cc1N[C@H]1CC[C@H](O)CC1. The summed E-state index contributed by atoms with van der Waals surface area (Å²) in [5.41, 5.74) is 7.70. The van der Waals surface area contributed by atoms with Crippen LogP contribution in [0.25, 0.3) is 0 Å². The van der Waals surface area contributed by atoms with Gasteiger partial charge in [-0.3, -0.25) is 0 Å². The minimum Gasteiger partial charge on any atom is -0.396 e. The van der Waals surface area contributed by atoms with Crippen molar-refractivity contribution >= 4 is 43.2 Å². The van der Waals surface area contributed by atoms with E-state index >= 15 is 0 Å². The highest BCUT2D eigenvalue weighted by atomic mass is 79.9. The zero-order chi connectivity index (χ0) is 12.4. The van der Waals surface area contributed by atoms with E-state index in [0.29, 0.717) is 6.04 Å². The normalized spacial score (nSPS) is 24.6. The average molecular weight is 364 g/mol. The second-order valence-corrected chi connectivity index (χ2v) is 6.27. The number of aliphatic hydroxyl groups excluding tert-OH is 1. The molecule has 1 saturated carbocycles. The lowest BCUT2D eigenvalue weighted by Crippen LogP contribution is -2.28. The van der Waals surface area contributed by atoms with E-state index in [9.17, 15) is 5.11 Å². The van der Waals surface area contributed by atoms with Crippen molar-refractivity contribution in [3.8, 4) is 0 Å². The Bertz CT molecular complexity index is 404. The molecular formula is C12H16Br2N2O. The van der Waals surface area contributed by atoms with Gasteiger partial charge >= 0.3 is 0 Å². The van der Waals surface area contributed by atoms with E-state index in [1.807, 2.05) is 12.1 Å². The van der Waals surface area contributed by atoms with Gasteiger partial charge in [-0.25, -0.2) is 0 Å². The molecule has 94 valence electrons. The van der Waals surface area contributed by atoms with Gasteiger partial charge in [-0.15, -0.1) is 0 Å². The van der Waals surface area contributed by atoms with E-state index in [0.717, 1.165) is 46.0 Å². The van der Waals surface area contributed by atoms with E-state index < -0.39 is 0 Å². The topological polar surface area (TPSA) is 58.3 Å². The zero-order valence-electron chi connectivity index (χ0n) is 9.42. The number of rotatable bonds is 2. The highest BCUT2D eigenvalue weighted by Gasteiger charge is 2.20. The van der Waals surface area contributed by atoms with Crippen LogP contribution in [0.15, 0.2) is 21.1 Å². The first-order valence-electron chi connectivity index (χ1n) is 5.75. The van der Waals surface area contributed by atoms with E-state index in [1.165, 1.54) is 0 Å². The first-order chi connectivity index (χ1) is 8.06. The van der Waals surface area contributed by atoms with Crippen LogP contribution in [0.2, 0.25) is 0 Å². The summed E-state index contributed by atoms with van der Waals surface area (Å²) in [7, 11) is 0. The molecule has 0 unspecified atom stereocenters. The largest absolute Gasteiger partial charge is 0.396 e. The fourth-order valence-corrected chi connectivity index (χ4v) is 3.37. The van der Waals surface area contributed by atoms with E-state index in [-0.39, 0.29) is 6.10 Å². The van der Waals surface area contributed by atoms with Gasteiger partial charge in [0.1, 0.15) is 0 Å². The van der Waals surface area contributed by atoms with Crippen molar-refractivity contribution in [2.75, 3.05) is 11.1 Å². The van der Waals surface area contributed by atoms with Crippen molar-refractivity contribution in [3.05, 3.63) is 21.1 Å². The molecule has 0 amide bonds. The molecule has 1 fully saturated rings. The fraction of sp³-hybridized carbons (Fsp3) is 0.500. The molecule has 17 heavy (non-hydrogen) atoms. The fourth-order valence-electron chi connectivity index (χ4n) is 2.14. The smallest absolute Gasteiger partial charge is 0.0695 e. The number of nitrogen functional groups attached to an aromatic ring is 1. The third kappa shape index (κ3) is 3.36. The van der Waals surface area contributed by atoms with Gasteiger partial charge in [-0.05, 0) is 53.7 Å². The van der Waals surface area contributed by atoms with Crippen LogP contribution in [0.5, 0.6) is 0 Å². The monoisotopic (exact) mass is 362 g/mol. The maximum atomic E-state index is 9.47. The lowest BCUT2D eigenvalue weighted by Gasteiger charge is -2.27. The van der Waals surface area contributed by atoms with E-state index in [4.69, 9.17) is 5.73 Å². The third-order valence-electron chi connectivity index (χ3n) is 3.15. The zero-order valence-corrected chi connectivity index (χ0v) is 12.6. The number of hydrogen-bond acceptors (Lipinski definition) is 3. The predicted molar refractivity (Wildman–Crippen MR) is 78.1 cm³/mol. The van der Waals surface area contributed by atoms with Crippen molar-refractivity contribution in [2.45, 2.75) is 37.8 Å². The molecule has 1 aromatic carbocycles. The van der Waals surface area contributed by atoms with Gasteiger partial charge in [-0.1, -0.05) is 15.9 Å². The van der Waals surface area contributed by atoms with E-state index in [1.54, 1.807) is 0 Å². The third-order valence-corrected chi connectivity index (χ3v) is 4.26. The quantitative estimate of drug-likeness (QED) is 0.704. The molecule has 0 bridgehead atoms. The second kappa shape index (κ2) is 5.59. The number of benzene rings is 1. The van der Waals surface area contributed by atoms with Crippen LogP contribution in [-0.2, 0) is 0 Å². The summed E-state index contributed by atoms with van der Waals surface area (Å²) in [5, 5.41) is 12.9. The van der Waals surface area contributed by atoms with Gasteiger partial charge in [0, 0.05) is 15.0 Å². The summed E-state index contributed by atoms with van der Waals surface area (Å²) in [6, 6.07) is 4.33. The molecule has 4 N–H and O–H groups in total.